The fourth-order valence-corrected chi connectivity index (χ4v) is 1.79. The lowest BCUT2D eigenvalue weighted by Gasteiger charge is -2.48. The van der Waals surface area contributed by atoms with E-state index in [2.05, 4.69) is 16.8 Å². The molecule has 4 nitrogen and oxygen atoms in total. The van der Waals surface area contributed by atoms with Gasteiger partial charge in [-0.3, -0.25) is 0 Å². The second kappa shape index (κ2) is 3.70. The predicted molar refractivity (Wildman–Crippen MR) is 60.2 cm³/mol. The van der Waals surface area contributed by atoms with Crippen molar-refractivity contribution in [3.63, 3.8) is 0 Å². The summed E-state index contributed by atoms with van der Waals surface area (Å²) in [5.41, 5.74) is 6.08. The molecule has 1 fully saturated rings. The van der Waals surface area contributed by atoms with E-state index in [4.69, 9.17) is 10.5 Å². The van der Waals surface area contributed by atoms with Gasteiger partial charge in [-0.25, -0.2) is 0 Å². The smallest absolute Gasteiger partial charge is 0.214 e. The van der Waals surface area contributed by atoms with E-state index in [1.165, 1.54) is 0 Å². The molecule has 0 bridgehead atoms. The van der Waals surface area contributed by atoms with Crippen molar-refractivity contribution in [2.24, 2.45) is 5.73 Å². The molecule has 4 heteroatoms. The van der Waals surface area contributed by atoms with Gasteiger partial charge in [0.25, 0.3) is 0 Å². The highest BCUT2D eigenvalue weighted by atomic mass is 16.5. The van der Waals surface area contributed by atoms with Crippen molar-refractivity contribution in [3.8, 4) is 5.88 Å². The molecule has 0 saturated carbocycles. The summed E-state index contributed by atoms with van der Waals surface area (Å²) in [6.45, 7) is 3.88. The number of pyridine rings is 1. The van der Waals surface area contributed by atoms with E-state index in [0.717, 1.165) is 25.3 Å². The molecule has 0 spiro atoms. The van der Waals surface area contributed by atoms with Gasteiger partial charge in [-0.15, -0.1) is 0 Å². The maximum absolute atomic E-state index is 6.10. The molecule has 0 radical (unpaired) electrons. The third kappa shape index (κ3) is 1.90. The van der Waals surface area contributed by atoms with Crippen LogP contribution >= 0.6 is 0 Å². The zero-order valence-corrected chi connectivity index (χ0v) is 9.23. The first-order valence-electron chi connectivity index (χ1n) is 5.22. The molecule has 0 unspecified atom stereocenters. The molecular formula is C11H17N3O. The van der Waals surface area contributed by atoms with Crippen molar-refractivity contribution in [1.82, 2.24) is 4.98 Å². The maximum Gasteiger partial charge on any atom is 0.214 e. The van der Waals surface area contributed by atoms with Crippen LogP contribution in [0.2, 0.25) is 0 Å². The Labute approximate surface area is 90.0 Å². The van der Waals surface area contributed by atoms with Gasteiger partial charge in [-0.1, -0.05) is 13.0 Å². The number of hydrogen-bond acceptors (Lipinski definition) is 4. The van der Waals surface area contributed by atoms with E-state index < -0.39 is 0 Å². The van der Waals surface area contributed by atoms with Gasteiger partial charge in [0, 0.05) is 19.2 Å². The second-order valence-electron chi connectivity index (χ2n) is 4.11. The first-order chi connectivity index (χ1) is 7.17. The van der Waals surface area contributed by atoms with Crippen LogP contribution in [-0.4, -0.2) is 30.7 Å². The SMILES string of the molecule is CCC1(N)CN(c2cccc(OC)n2)C1. The molecule has 1 saturated heterocycles. The summed E-state index contributed by atoms with van der Waals surface area (Å²) in [4.78, 5) is 6.53. The topological polar surface area (TPSA) is 51.4 Å². The average molecular weight is 207 g/mol. The van der Waals surface area contributed by atoms with Crippen LogP contribution in [-0.2, 0) is 0 Å². The van der Waals surface area contributed by atoms with Gasteiger partial charge in [-0.05, 0) is 12.5 Å². The van der Waals surface area contributed by atoms with Crippen LogP contribution in [0.4, 0.5) is 5.82 Å². The first kappa shape index (κ1) is 10.2. The van der Waals surface area contributed by atoms with E-state index >= 15 is 0 Å². The number of methoxy groups -OCH3 is 1. The Hall–Kier alpha value is -1.29. The van der Waals surface area contributed by atoms with E-state index in [-0.39, 0.29) is 5.54 Å². The van der Waals surface area contributed by atoms with Crippen LogP contribution in [0.15, 0.2) is 18.2 Å². The third-order valence-electron chi connectivity index (χ3n) is 2.96. The zero-order chi connectivity index (χ0) is 10.9. The molecule has 2 rings (SSSR count). The molecule has 2 N–H and O–H groups in total. The Balaban J connectivity index is 2.06. The summed E-state index contributed by atoms with van der Waals surface area (Å²) in [5, 5.41) is 0. The molecule has 15 heavy (non-hydrogen) atoms. The van der Waals surface area contributed by atoms with Crippen LogP contribution in [0.3, 0.4) is 0 Å². The van der Waals surface area contributed by atoms with Gasteiger partial charge in [0.05, 0.1) is 12.6 Å². The maximum atomic E-state index is 6.10. The average Bonchev–Trinajstić information content (AvgIpc) is 2.25. The van der Waals surface area contributed by atoms with Crippen molar-refractivity contribution >= 4 is 5.82 Å². The Morgan fingerprint density at radius 3 is 2.87 bits per heavy atom. The molecule has 1 aliphatic rings. The third-order valence-corrected chi connectivity index (χ3v) is 2.96. The Morgan fingerprint density at radius 1 is 1.53 bits per heavy atom. The minimum atomic E-state index is -0.0231. The Morgan fingerprint density at radius 2 is 2.27 bits per heavy atom. The highest BCUT2D eigenvalue weighted by molar-refractivity contribution is 5.45. The molecule has 0 aliphatic carbocycles. The number of hydrogen-bond donors (Lipinski definition) is 1. The highest BCUT2D eigenvalue weighted by Crippen LogP contribution is 2.27. The van der Waals surface area contributed by atoms with Gasteiger partial charge in [0.1, 0.15) is 5.82 Å². The summed E-state index contributed by atoms with van der Waals surface area (Å²) in [6, 6.07) is 5.78. The fraction of sp³-hybridized carbons (Fsp3) is 0.545. The monoisotopic (exact) mass is 207 g/mol. The summed E-state index contributed by atoms with van der Waals surface area (Å²) >= 11 is 0. The first-order valence-corrected chi connectivity index (χ1v) is 5.22. The van der Waals surface area contributed by atoms with E-state index in [9.17, 15) is 0 Å². The van der Waals surface area contributed by atoms with Gasteiger partial charge >= 0.3 is 0 Å². The number of nitrogens with two attached hydrogens (primary N) is 1. The highest BCUT2D eigenvalue weighted by Gasteiger charge is 2.38. The van der Waals surface area contributed by atoms with Gasteiger partial charge in [-0.2, -0.15) is 4.98 Å². The largest absolute Gasteiger partial charge is 0.481 e. The van der Waals surface area contributed by atoms with Crippen molar-refractivity contribution in [1.29, 1.82) is 0 Å². The van der Waals surface area contributed by atoms with Crippen LogP contribution in [0, 0.1) is 0 Å². The van der Waals surface area contributed by atoms with E-state index in [0.29, 0.717) is 5.88 Å². The quantitative estimate of drug-likeness (QED) is 0.804. The van der Waals surface area contributed by atoms with E-state index in [1.807, 2.05) is 18.2 Å². The standard InChI is InChI=1S/C11H17N3O/c1-3-11(12)7-14(8-11)9-5-4-6-10(13-9)15-2/h4-6H,3,7-8,12H2,1-2H3. The molecule has 1 aromatic rings. The Kier molecular flexibility index (Phi) is 2.52. The van der Waals surface area contributed by atoms with Crippen molar-refractivity contribution in [2.75, 3.05) is 25.1 Å². The zero-order valence-electron chi connectivity index (χ0n) is 9.23. The minimum Gasteiger partial charge on any atom is -0.481 e. The molecule has 1 aliphatic heterocycles. The van der Waals surface area contributed by atoms with Gasteiger partial charge in [0.2, 0.25) is 5.88 Å². The molecule has 0 aromatic carbocycles. The predicted octanol–water partition coefficient (Wildman–Crippen LogP) is 1.02. The van der Waals surface area contributed by atoms with Crippen LogP contribution < -0.4 is 15.4 Å². The fourth-order valence-electron chi connectivity index (χ4n) is 1.79. The summed E-state index contributed by atoms with van der Waals surface area (Å²) < 4.78 is 5.08. The molecule has 0 amide bonds. The summed E-state index contributed by atoms with van der Waals surface area (Å²) in [7, 11) is 1.63. The van der Waals surface area contributed by atoms with Gasteiger partial charge < -0.3 is 15.4 Å². The Bertz CT molecular complexity index is 347. The summed E-state index contributed by atoms with van der Waals surface area (Å²) in [5.74, 6) is 1.60. The normalized spacial score (nSPS) is 18.5. The molecule has 2 heterocycles. The number of anilines is 1. The molecule has 0 atom stereocenters. The molecule has 1 aromatic heterocycles. The lowest BCUT2D eigenvalue weighted by atomic mass is 9.88. The number of nitrogens with zero attached hydrogens (tertiary/aromatic N) is 2. The minimum absolute atomic E-state index is 0.0231. The van der Waals surface area contributed by atoms with Crippen LogP contribution in [0.5, 0.6) is 5.88 Å². The van der Waals surface area contributed by atoms with Crippen molar-refractivity contribution in [2.45, 2.75) is 18.9 Å². The van der Waals surface area contributed by atoms with Crippen LogP contribution in [0.1, 0.15) is 13.3 Å². The lowest BCUT2D eigenvalue weighted by Crippen LogP contribution is -2.67. The summed E-state index contributed by atoms with van der Waals surface area (Å²) in [6.07, 6.45) is 1.01. The van der Waals surface area contributed by atoms with E-state index in [1.54, 1.807) is 7.11 Å². The number of ether oxygens (including phenoxy) is 1. The number of rotatable bonds is 3. The lowest BCUT2D eigenvalue weighted by molar-refractivity contribution is 0.318. The molecule has 82 valence electrons. The van der Waals surface area contributed by atoms with Crippen LogP contribution in [0.25, 0.3) is 0 Å². The second-order valence-corrected chi connectivity index (χ2v) is 4.11. The van der Waals surface area contributed by atoms with Crippen molar-refractivity contribution in [3.05, 3.63) is 18.2 Å². The number of aromatic nitrogens is 1. The molecular weight excluding hydrogens is 190 g/mol. The van der Waals surface area contributed by atoms with Crippen molar-refractivity contribution < 1.29 is 4.74 Å². The van der Waals surface area contributed by atoms with Gasteiger partial charge in [0.15, 0.2) is 0 Å².